The number of fused-ring (bicyclic) bond motifs is 3. The van der Waals surface area contributed by atoms with Crippen LogP contribution in [0.2, 0.25) is 0 Å². The van der Waals surface area contributed by atoms with Crippen LogP contribution in [0.1, 0.15) is 49.5 Å². The van der Waals surface area contributed by atoms with Crippen molar-refractivity contribution in [3.8, 4) is 0 Å². The number of benzene rings is 2. The van der Waals surface area contributed by atoms with Gasteiger partial charge < -0.3 is 9.88 Å². The molecular formula is C25H26FN3O2. The molecule has 0 radical (unpaired) electrons. The van der Waals surface area contributed by atoms with Crippen LogP contribution in [0, 0.1) is 5.82 Å². The summed E-state index contributed by atoms with van der Waals surface area (Å²) in [6, 6.07) is 15.6. The zero-order valence-corrected chi connectivity index (χ0v) is 17.6. The quantitative estimate of drug-likeness (QED) is 0.672. The summed E-state index contributed by atoms with van der Waals surface area (Å²) in [6.07, 6.45) is 5.33. The van der Waals surface area contributed by atoms with E-state index in [1.165, 1.54) is 18.6 Å². The number of para-hydroxylation sites is 1. The SMILES string of the molecule is C[C@@]1(C(=O)NC2CCCCC2)Cn2c(cc3ccccc32)C(=O)N1c1ccc(F)cc1. The first kappa shape index (κ1) is 19.8. The second-order valence-electron chi connectivity index (χ2n) is 8.87. The number of hydrogen-bond acceptors (Lipinski definition) is 2. The Morgan fingerprint density at radius 2 is 1.77 bits per heavy atom. The summed E-state index contributed by atoms with van der Waals surface area (Å²) >= 11 is 0. The molecule has 2 amide bonds. The molecule has 5 nitrogen and oxygen atoms in total. The Balaban J connectivity index is 1.61. The van der Waals surface area contributed by atoms with Gasteiger partial charge in [0.15, 0.2) is 0 Å². The number of carbonyl (C=O) groups excluding carboxylic acids is 2. The van der Waals surface area contributed by atoms with Crippen LogP contribution in [0.15, 0.2) is 54.6 Å². The molecule has 1 aliphatic heterocycles. The number of hydrogen-bond donors (Lipinski definition) is 1. The zero-order chi connectivity index (χ0) is 21.6. The van der Waals surface area contributed by atoms with Crippen LogP contribution >= 0.6 is 0 Å². The van der Waals surface area contributed by atoms with Crippen LogP contribution in [0.25, 0.3) is 10.9 Å². The van der Waals surface area contributed by atoms with Crippen molar-refractivity contribution in [1.82, 2.24) is 9.88 Å². The van der Waals surface area contributed by atoms with Gasteiger partial charge in [-0.3, -0.25) is 14.5 Å². The highest BCUT2D eigenvalue weighted by Crippen LogP contribution is 2.36. The van der Waals surface area contributed by atoms with Crippen LogP contribution < -0.4 is 10.2 Å². The van der Waals surface area contributed by atoms with Gasteiger partial charge >= 0.3 is 0 Å². The number of nitrogens with one attached hydrogen (secondary N) is 1. The van der Waals surface area contributed by atoms with Gasteiger partial charge in [-0.2, -0.15) is 0 Å². The maximum absolute atomic E-state index is 13.7. The molecule has 0 unspecified atom stereocenters. The molecule has 160 valence electrons. The molecule has 31 heavy (non-hydrogen) atoms. The molecule has 2 aliphatic rings. The number of rotatable bonds is 3. The van der Waals surface area contributed by atoms with Crippen molar-refractivity contribution in [2.75, 3.05) is 4.90 Å². The zero-order valence-electron chi connectivity index (χ0n) is 17.6. The summed E-state index contributed by atoms with van der Waals surface area (Å²) in [6.45, 7) is 2.14. The summed E-state index contributed by atoms with van der Waals surface area (Å²) in [5.74, 6) is -0.799. The van der Waals surface area contributed by atoms with Gasteiger partial charge in [-0.1, -0.05) is 37.5 Å². The fraction of sp³-hybridized carbons (Fsp3) is 0.360. The van der Waals surface area contributed by atoms with E-state index in [0.717, 1.165) is 36.6 Å². The van der Waals surface area contributed by atoms with E-state index >= 15 is 0 Å². The molecule has 1 N–H and O–H groups in total. The van der Waals surface area contributed by atoms with Gasteiger partial charge in [0.2, 0.25) is 5.91 Å². The Kier molecular flexibility index (Phi) is 4.80. The number of aromatic nitrogens is 1. The van der Waals surface area contributed by atoms with E-state index in [-0.39, 0.29) is 23.7 Å². The van der Waals surface area contributed by atoms with Crippen molar-refractivity contribution in [2.24, 2.45) is 0 Å². The first-order valence-electron chi connectivity index (χ1n) is 11.0. The van der Waals surface area contributed by atoms with Gasteiger partial charge in [-0.15, -0.1) is 0 Å². The fourth-order valence-corrected chi connectivity index (χ4v) is 5.03. The second kappa shape index (κ2) is 7.52. The third kappa shape index (κ3) is 3.30. The molecule has 3 aromatic rings. The molecule has 0 saturated heterocycles. The summed E-state index contributed by atoms with van der Waals surface area (Å²) in [7, 11) is 0. The minimum Gasteiger partial charge on any atom is -0.351 e. The monoisotopic (exact) mass is 419 g/mol. The molecule has 2 heterocycles. The lowest BCUT2D eigenvalue weighted by atomic mass is 9.91. The molecule has 6 heteroatoms. The Morgan fingerprint density at radius 1 is 1.06 bits per heavy atom. The van der Waals surface area contributed by atoms with Crippen LogP contribution in [0.3, 0.4) is 0 Å². The predicted molar refractivity (Wildman–Crippen MR) is 119 cm³/mol. The third-order valence-electron chi connectivity index (χ3n) is 6.71. The summed E-state index contributed by atoms with van der Waals surface area (Å²) in [5.41, 5.74) is 0.847. The van der Waals surface area contributed by atoms with Crippen LogP contribution in [-0.2, 0) is 11.3 Å². The molecule has 0 bridgehead atoms. The minimum atomic E-state index is -1.14. The van der Waals surface area contributed by atoms with Crippen LogP contribution in [0.4, 0.5) is 10.1 Å². The van der Waals surface area contributed by atoms with Gasteiger partial charge in [0, 0.05) is 22.6 Å². The Hall–Kier alpha value is -3.15. The van der Waals surface area contributed by atoms with Gasteiger partial charge in [0.25, 0.3) is 5.91 Å². The minimum absolute atomic E-state index is 0.131. The molecule has 1 aromatic heterocycles. The van der Waals surface area contributed by atoms with Crippen molar-refractivity contribution in [3.63, 3.8) is 0 Å². The first-order valence-corrected chi connectivity index (χ1v) is 11.0. The maximum atomic E-state index is 13.7. The lowest BCUT2D eigenvalue weighted by molar-refractivity contribution is -0.127. The second-order valence-corrected chi connectivity index (χ2v) is 8.87. The lowest BCUT2D eigenvalue weighted by Crippen LogP contribution is -2.65. The molecule has 1 saturated carbocycles. The number of anilines is 1. The molecule has 5 rings (SSSR count). The number of halogens is 1. The highest BCUT2D eigenvalue weighted by atomic mass is 19.1. The van der Waals surface area contributed by atoms with Crippen LogP contribution in [0.5, 0.6) is 0 Å². The van der Waals surface area contributed by atoms with Gasteiger partial charge in [-0.05, 0) is 56.2 Å². The summed E-state index contributed by atoms with van der Waals surface area (Å²) in [4.78, 5) is 28.9. The molecule has 1 fully saturated rings. The lowest BCUT2D eigenvalue weighted by Gasteiger charge is -2.44. The smallest absolute Gasteiger partial charge is 0.275 e. The number of nitrogens with zero attached hydrogens (tertiary/aromatic N) is 2. The van der Waals surface area contributed by atoms with E-state index < -0.39 is 5.54 Å². The normalized spacial score (nSPS) is 21.9. The molecule has 1 aliphatic carbocycles. The van der Waals surface area contributed by atoms with E-state index in [0.29, 0.717) is 17.9 Å². The Labute approximate surface area is 180 Å². The van der Waals surface area contributed by atoms with Crippen molar-refractivity contribution in [3.05, 3.63) is 66.1 Å². The fourth-order valence-electron chi connectivity index (χ4n) is 5.03. The first-order chi connectivity index (χ1) is 15.0. The topological polar surface area (TPSA) is 54.3 Å². The Bertz CT molecular complexity index is 1150. The summed E-state index contributed by atoms with van der Waals surface area (Å²) in [5, 5.41) is 4.17. The van der Waals surface area contributed by atoms with Crippen LogP contribution in [-0.4, -0.2) is 28.0 Å². The van der Waals surface area contributed by atoms with Gasteiger partial charge in [-0.25, -0.2) is 4.39 Å². The number of amides is 2. The van der Waals surface area contributed by atoms with Crippen molar-refractivity contribution >= 4 is 28.4 Å². The third-order valence-corrected chi connectivity index (χ3v) is 6.71. The van der Waals surface area contributed by atoms with Crippen molar-refractivity contribution in [2.45, 2.75) is 57.2 Å². The highest BCUT2D eigenvalue weighted by Gasteiger charge is 2.49. The van der Waals surface area contributed by atoms with Crippen molar-refractivity contribution < 1.29 is 14.0 Å². The van der Waals surface area contributed by atoms with Gasteiger partial charge in [0.05, 0.1) is 6.54 Å². The average Bonchev–Trinajstić information content (AvgIpc) is 3.14. The van der Waals surface area contributed by atoms with E-state index in [1.807, 2.05) is 41.8 Å². The Morgan fingerprint density at radius 3 is 2.52 bits per heavy atom. The molecule has 0 spiro atoms. The van der Waals surface area contributed by atoms with Crippen molar-refractivity contribution in [1.29, 1.82) is 0 Å². The van der Waals surface area contributed by atoms with E-state index in [2.05, 4.69) is 5.32 Å². The summed E-state index contributed by atoms with van der Waals surface area (Å²) < 4.78 is 15.5. The van der Waals surface area contributed by atoms with E-state index in [9.17, 15) is 14.0 Å². The van der Waals surface area contributed by atoms with E-state index in [1.54, 1.807) is 17.0 Å². The largest absolute Gasteiger partial charge is 0.351 e. The number of carbonyl (C=O) groups is 2. The molecular weight excluding hydrogens is 393 g/mol. The maximum Gasteiger partial charge on any atom is 0.275 e. The van der Waals surface area contributed by atoms with Gasteiger partial charge in [0.1, 0.15) is 17.1 Å². The van der Waals surface area contributed by atoms with E-state index in [4.69, 9.17) is 0 Å². The predicted octanol–water partition coefficient (Wildman–Crippen LogP) is 4.65. The average molecular weight is 420 g/mol. The molecule has 2 aromatic carbocycles. The standard InChI is InChI=1S/C25H26FN3O2/c1-25(24(31)27-19-8-3-2-4-9-19)16-28-21-10-6-5-7-17(21)15-22(28)23(30)29(25)20-13-11-18(26)12-14-20/h5-7,10-15,19H,2-4,8-9,16H2,1H3,(H,27,31)/t25-/m0/s1. The molecule has 1 atom stereocenters. The highest BCUT2D eigenvalue weighted by molar-refractivity contribution is 6.14.